The van der Waals surface area contributed by atoms with Gasteiger partial charge in [0, 0.05) is 10.9 Å². The minimum absolute atomic E-state index is 0.0231. The van der Waals surface area contributed by atoms with Crippen molar-refractivity contribution in [2.75, 3.05) is 13.2 Å². The molecule has 5 heteroatoms. The third-order valence-electron chi connectivity index (χ3n) is 3.10. The number of fused-ring (bicyclic) bond motifs is 1. The number of aryl methyl sites for hydroxylation is 1. The van der Waals surface area contributed by atoms with Crippen LogP contribution in [-0.4, -0.2) is 25.2 Å². The van der Waals surface area contributed by atoms with Crippen molar-refractivity contribution in [3.05, 3.63) is 35.3 Å². The summed E-state index contributed by atoms with van der Waals surface area (Å²) in [5.74, 6) is -0.611. The first kappa shape index (κ1) is 11.2. The number of hydrogen-bond acceptors (Lipinski definition) is 3. The molecule has 0 aliphatic carbocycles. The Hall–Kier alpha value is -1.88. The first-order valence-corrected chi connectivity index (χ1v) is 5.73. The van der Waals surface area contributed by atoms with Crippen LogP contribution in [0.2, 0.25) is 0 Å². The Morgan fingerprint density at radius 2 is 2.22 bits per heavy atom. The van der Waals surface area contributed by atoms with E-state index in [9.17, 15) is 9.18 Å². The van der Waals surface area contributed by atoms with E-state index in [4.69, 9.17) is 9.15 Å². The van der Waals surface area contributed by atoms with E-state index in [1.165, 1.54) is 6.07 Å². The summed E-state index contributed by atoms with van der Waals surface area (Å²) in [5.41, 5.74) is 0.784. The number of halogens is 1. The lowest BCUT2D eigenvalue weighted by atomic mass is 10.1. The predicted molar refractivity (Wildman–Crippen MR) is 63.0 cm³/mol. The van der Waals surface area contributed by atoms with Gasteiger partial charge in [-0.05, 0) is 13.0 Å². The highest BCUT2D eigenvalue weighted by molar-refractivity contribution is 5.99. The Bertz CT molecular complexity index is 616. The summed E-state index contributed by atoms with van der Waals surface area (Å²) in [4.78, 5) is 12.0. The fourth-order valence-corrected chi connectivity index (χ4v) is 2.00. The van der Waals surface area contributed by atoms with Crippen LogP contribution in [0.1, 0.15) is 16.1 Å². The van der Waals surface area contributed by atoms with E-state index in [0.29, 0.717) is 24.2 Å². The summed E-state index contributed by atoms with van der Waals surface area (Å²) in [6.45, 7) is 2.77. The molecule has 0 atom stereocenters. The normalized spacial score (nSPS) is 15.7. The van der Waals surface area contributed by atoms with Crippen LogP contribution in [0.25, 0.3) is 11.0 Å². The molecule has 0 unspecified atom stereocenters. The van der Waals surface area contributed by atoms with E-state index in [2.05, 4.69) is 5.32 Å². The Morgan fingerprint density at radius 3 is 2.83 bits per heavy atom. The minimum atomic E-state index is -0.457. The highest BCUT2D eigenvalue weighted by atomic mass is 19.1. The van der Waals surface area contributed by atoms with Crippen molar-refractivity contribution in [1.82, 2.24) is 5.32 Å². The topological polar surface area (TPSA) is 51.5 Å². The molecule has 0 bridgehead atoms. The van der Waals surface area contributed by atoms with E-state index in [1.54, 1.807) is 19.1 Å². The SMILES string of the molecule is Cc1c(C(=O)NC2COC2)oc2c(F)cccc12. The summed E-state index contributed by atoms with van der Waals surface area (Å²) in [5, 5.41) is 3.40. The summed E-state index contributed by atoms with van der Waals surface area (Å²) < 4.78 is 23.8. The molecule has 18 heavy (non-hydrogen) atoms. The zero-order valence-electron chi connectivity index (χ0n) is 9.83. The van der Waals surface area contributed by atoms with Gasteiger partial charge >= 0.3 is 0 Å². The Kier molecular flexibility index (Phi) is 2.56. The van der Waals surface area contributed by atoms with Gasteiger partial charge in [-0.3, -0.25) is 4.79 Å². The molecule has 1 amide bonds. The first-order chi connectivity index (χ1) is 8.66. The van der Waals surface area contributed by atoms with Gasteiger partial charge in [0.25, 0.3) is 5.91 Å². The molecule has 1 N–H and O–H groups in total. The van der Waals surface area contributed by atoms with Crippen LogP contribution in [0.15, 0.2) is 22.6 Å². The number of carbonyl (C=O) groups is 1. The number of carbonyl (C=O) groups excluding carboxylic acids is 1. The number of amides is 1. The molecule has 0 spiro atoms. The monoisotopic (exact) mass is 249 g/mol. The third kappa shape index (κ3) is 1.67. The molecular formula is C13H12FNO3. The largest absolute Gasteiger partial charge is 0.448 e. The molecule has 1 saturated heterocycles. The molecule has 94 valence electrons. The molecule has 2 heterocycles. The Labute approximate surface area is 103 Å². The van der Waals surface area contributed by atoms with E-state index in [-0.39, 0.29) is 23.3 Å². The standard InChI is InChI=1S/C13H12FNO3/c1-7-9-3-2-4-10(14)12(9)18-11(7)13(16)15-8-5-17-6-8/h2-4,8H,5-6H2,1H3,(H,15,16). The fourth-order valence-electron chi connectivity index (χ4n) is 2.00. The number of para-hydroxylation sites is 1. The van der Waals surface area contributed by atoms with Gasteiger partial charge in [0.15, 0.2) is 17.2 Å². The van der Waals surface area contributed by atoms with E-state index < -0.39 is 5.82 Å². The number of nitrogens with one attached hydrogen (secondary N) is 1. The zero-order valence-corrected chi connectivity index (χ0v) is 9.83. The van der Waals surface area contributed by atoms with E-state index in [1.807, 2.05) is 0 Å². The minimum Gasteiger partial charge on any atom is -0.448 e. The fraction of sp³-hybridized carbons (Fsp3) is 0.308. The molecule has 1 aromatic carbocycles. The molecule has 1 aliphatic rings. The molecule has 1 aliphatic heterocycles. The van der Waals surface area contributed by atoms with Crippen LogP contribution in [0, 0.1) is 12.7 Å². The summed E-state index contributed by atoms with van der Waals surface area (Å²) >= 11 is 0. The molecule has 2 aromatic rings. The lowest BCUT2D eigenvalue weighted by Gasteiger charge is -2.26. The van der Waals surface area contributed by atoms with Gasteiger partial charge in [0.05, 0.1) is 19.3 Å². The van der Waals surface area contributed by atoms with Crippen molar-refractivity contribution >= 4 is 16.9 Å². The third-order valence-corrected chi connectivity index (χ3v) is 3.10. The van der Waals surface area contributed by atoms with Gasteiger partial charge in [-0.25, -0.2) is 4.39 Å². The molecule has 3 rings (SSSR count). The van der Waals surface area contributed by atoms with E-state index in [0.717, 1.165) is 0 Å². The second-order valence-electron chi connectivity index (χ2n) is 4.38. The average molecular weight is 249 g/mol. The summed E-state index contributed by atoms with van der Waals surface area (Å²) in [6, 6.07) is 4.67. The molecule has 4 nitrogen and oxygen atoms in total. The van der Waals surface area contributed by atoms with Crippen LogP contribution < -0.4 is 5.32 Å². The van der Waals surface area contributed by atoms with Crippen molar-refractivity contribution in [3.63, 3.8) is 0 Å². The van der Waals surface area contributed by atoms with Crippen LogP contribution >= 0.6 is 0 Å². The molecule has 0 saturated carbocycles. The molecule has 1 fully saturated rings. The quantitative estimate of drug-likeness (QED) is 0.885. The highest BCUT2D eigenvalue weighted by Gasteiger charge is 2.25. The number of furan rings is 1. The van der Waals surface area contributed by atoms with Gasteiger partial charge in [-0.15, -0.1) is 0 Å². The summed E-state index contributed by atoms with van der Waals surface area (Å²) in [6.07, 6.45) is 0. The lowest BCUT2D eigenvalue weighted by molar-refractivity contribution is -0.00388. The van der Waals surface area contributed by atoms with Crippen LogP contribution in [0.3, 0.4) is 0 Å². The second-order valence-corrected chi connectivity index (χ2v) is 4.38. The van der Waals surface area contributed by atoms with Crippen molar-refractivity contribution < 1.29 is 18.3 Å². The van der Waals surface area contributed by atoms with Crippen molar-refractivity contribution in [2.45, 2.75) is 13.0 Å². The highest BCUT2D eigenvalue weighted by Crippen LogP contribution is 2.27. The molecule has 1 aromatic heterocycles. The van der Waals surface area contributed by atoms with Gasteiger partial charge < -0.3 is 14.5 Å². The van der Waals surface area contributed by atoms with Gasteiger partial charge in [-0.2, -0.15) is 0 Å². The average Bonchev–Trinajstić information content (AvgIpc) is 2.63. The lowest BCUT2D eigenvalue weighted by Crippen LogP contribution is -2.48. The number of rotatable bonds is 2. The van der Waals surface area contributed by atoms with Gasteiger partial charge in [-0.1, -0.05) is 12.1 Å². The van der Waals surface area contributed by atoms with Crippen LogP contribution in [0.4, 0.5) is 4.39 Å². The van der Waals surface area contributed by atoms with Crippen LogP contribution in [-0.2, 0) is 4.74 Å². The number of benzene rings is 1. The molecule has 0 radical (unpaired) electrons. The van der Waals surface area contributed by atoms with Crippen molar-refractivity contribution in [2.24, 2.45) is 0 Å². The van der Waals surface area contributed by atoms with Gasteiger partial charge in [0.2, 0.25) is 0 Å². The maximum Gasteiger partial charge on any atom is 0.287 e. The maximum atomic E-state index is 13.5. The van der Waals surface area contributed by atoms with Crippen LogP contribution in [0.5, 0.6) is 0 Å². The summed E-state index contributed by atoms with van der Waals surface area (Å²) in [7, 11) is 0. The van der Waals surface area contributed by atoms with E-state index >= 15 is 0 Å². The van der Waals surface area contributed by atoms with Crippen molar-refractivity contribution in [3.8, 4) is 0 Å². The zero-order chi connectivity index (χ0) is 12.7. The smallest absolute Gasteiger partial charge is 0.287 e. The Balaban J connectivity index is 1.98. The second kappa shape index (κ2) is 4.10. The maximum absolute atomic E-state index is 13.5. The van der Waals surface area contributed by atoms with Gasteiger partial charge in [0.1, 0.15) is 0 Å². The number of ether oxygens (including phenoxy) is 1. The number of hydrogen-bond donors (Lipinski definition) is 1. The molecular weight excluding hydrogens is 237 g/mol. The Morgan fingerprint density at radius 1 is 1.44 bits per heavy atom. The first-order valence-electron chi connectivity index (χ1n) is 5.73. The van der Waals surface area contributed by atoms with Crippen molar-refractivity contribution in [1.29, 1.82) is 0 Å². The predicted octanol–water partition coefficient (Wildman–Crippen LogP) is 2.01.